The molecule has 6 nitrogen and oxygen atoms in total. The van der Waals surface area contributed by atoms with Crippen LogP contribution in [-0.4, -0.2) is 47.6 Å². The average molecular weight is 510 g/mol. The van der Waals surface area contributed by atoms with Gasteiger partial charge in [0, 0.05) is 25.8 Å². The molecule has 35 heavy (non-hydrogen) atoms. The minimum absolute atomic E-state index is 0.00358. The van der Waals surface area contributed by atoms with E-state index in [2.05, 4.69) is 0 Å². The number of fused-ring (bicyclic) bond motifs is 1. The number of nitrogens with zero attached hydrogens (tertiary/aromatic N) is 3. The minimum Gasteiger partial charge on any atom is -0.383 e. The normalized spacial score (nSPS) is 17.6. The maximum Gasteiger partial charge on any atom is 0.416 e. The number of methoxy groups -OCH3 is 1. The predicted octanol–water partition coefficient (Wildman–Crippen LogP) is 4.67. The lowest BCUT2D eigenvalue weighted by atomic mass is 10.0. The zero-order valence-electron chi connectivity index (χ0n) is 19.5. The van der Waals surface area contributed by atoms with Crippen molar-refractivity contribution in [2.24, 2.45) is 0 Å². The molecule has 11 heteroatoms. The van der Waals surface area contributed by atoms with Crippen molar-refractivity contribution in [1.29, 1.82) is 0 Å². The first-order valence-electron chi connectivity index (χ1n) is 10.8. The Morgan fingerprint density at radius 2 is 1.83 bits per heavy atom. The standard InChI is InChI=1S/C24H23F4N3O3S/c1-13-5-6-15(10-17(13)24(26,27)28)30-21(33)23(2,3)31(22(30)35)19-11-16-14(9-18(19)25)12-29(20(16)32)7-8-34-4/h5-6,9-11H,7-8,12H2,1-4H3. The van der Waals surface area contributed by atoms with Crippen LogP contribution in [0.1, 0.15) is 40.9 Å². The van der Waals surface area contributed by atoms with E-state index in [4.69, 9.17) is 17.0 Å². The van der Waals surface area contributed by atoms with Crippen molar-refractivity contribution in [2.45, 2.75) is 39.0 Å². The fourth-order valence-corrected chi connectivity index (χ4v) is 4.93. The molecule has 0 aliphatic carbocycles. The molecule has 0 bridgehead atoms. The Balaban J connectivity index is 1.76. The zero-order chi connectivity index (χ0) is 25.9. The summed E-state index contributed by atoms with van der Waals surface area (Å²) in [6.07, 6.45) is -4.62. The van der Waals surface area contributed by atoms with E-state index in [1.165, 1.54) is 61.9 Å². The van der Waals surface area contributed by atoms with Gasteiger partial charge in [-0.1, -0.05) is 6.07 Å². The van der Waals surface area contributed by atoms with Gasteiger partial charge in [0.15, 0.2) is 5.11 Å². The molecule has 0 spiro atoms. The van der Waals surface area contributed by atoms with Crippen LogP contribution in [0.5, 0.6) is 0 Å². The highest BCUT2D eigenvalue weighted by atomic mass is 32.1. The molecule has 186 valence electrons. The number of ether oxygens (including phenoxy) is 1. The van der Waals surface area contributed by atoms with E-state index in [0.717, 1.165) is 11.0 Å². The van der Waals surface area contributed by atoms with Crippen LogP contribution in [0.25, 0.3) is 0 Å². The summed E-state index contributed by atoms with van der Waals surface area (Å²) in [5.74, 6) is -1.62. The number of carbonyl (C=O) groups is 2. The Labute approximate surface area is 205 Å². The van der Waals surface area contributed by atoms with E-state index in [9.17, 15) is 22.8 Å². The summed E-state index contributed by atoms with van der Waals surface area (Å²) in [6, 6.07) is 6.06. The number of alkyl halides is 3. The van der Waals surface area contributed by atoms with Gasteiger partial charge in [0.2, 0.25) is 0 Å². The van der Waals surface area contributed by atoms with Crippen LogP contribution in [0.3, 0.4) is 0 Å². The molecule has 2 aromatic carbocycles. The van der Waals surface area contributed by atoms with Gasteiger partial charge in [-0.2, -0.15) is 13.2 Å². The molecule has 2 heterocycles. The molecule has 0 N–H and O–H groups in total. The first-order valence-corrected chi connectivity index (χ1v) is 11.2. The predicted molar refractivity (Wildman–Crippen MR) is 126 cm³/mol. The van der Waals surface area contributed by atoms with Gasteiger partial charge < -0.3 is 14.5 Å². The third-order valence-corrected chi connectivity index (χ3v) is 6.68. The van der Waals surface area contributed by atoms with E-state index in [1.807, 2.05) is 0 Å². The largest absolute Gasteiger partial charge is 0.416 e. The quantitative estimate of drug-likeness (QED) is 0.433. The molecule has 2 aromatic rings. The highest BCUT2D eigenvalue weighted by molar-refractivity contribution is 7.81. The molecule has 2 aliphatic heterocycles. The van der Waals surface area contributed by atoms with Gasteiger partial charge in [0.1, 0.15) is 11.4 Å². The van der Waals surface area contributed by atoms with Crippen LogP contribution in [0, 0.1) is 12.7 Å². The fraction of sp³-hybridized carbons (Fsp3) is 0.375. The van der Waals surface area contributed by atoms with Crippen LogP contribution >= 0.6 is 12.2 Å². The number of aryl methyl sites for hydroxylation is 1. The zero-order valence-corrected chi connectivity index (χ0v) is 20.3. The van der Waals surface area contributed by atoms with Crippen molar-refractivity contribution >= 4 is 40.5 Å². The van der Waals surface area contributed by atoms with Crippen molar-refractivity contribution in [3.05, 3.63) is 58.4 Å². The molecule has 0 radical (unpaired) electrons. The highest BCUT2D eigenvalue weighted by Gasteiger charge is 2.51. The lowest BCUT2D eigenvalue weighted by Gasteiger charge is -2.30. The average Bonchev–Trinajstić information content (AvgIpc) is 3.15. The number of thiocarbonyl (C=S) groups is 1. The van der Waals surface area contributed by atoms with E-state index in [-0.39, 0.29) is 40.1 Å². The van der Waals surface area contributed by atoms with Gasteiger partial charge in [-0.15, -0.1) is 0 Å². The van der Waals surface area contributed by atoms with E-state index in [1.54, 1.807) is 0 Å². The number of benzene rings is 2. The lowest BCUT2D eigenvalue weighted by molar-refractivity contribution is -0.138. The number of carbonyl (C=O) groups excluding carboxylic acids is 2. The maximum absolute atomic E-state index is 15.3. The number of rotatable bonds is 5. The Morgan fingerprint density at radius 3 is 2.46 bits per heavy atom. The Bertz CT molecular complexity index is 1250. The Kier molecular flexibility index (Phi) is 6.13. The third kappa shape index (κ3) is 4.06. The van der Waals surface area contributed by atoms with Crippen molar-refractivity contribution < 1.29 is 31.9 Å². The van der Waals surface area contributed by atoms with Gasteiger partial charge in [0.05, 0.1) is 23.5 Å². The maximum atomic E-state index is 15.3. The molecule has 4 rings (SSSR count). The summed E-state index contributed by atoms with van der Waals surface area (Å²) in [6.45, 7) is 5.19. The molecular formula is C24H23F4N3O3S. The van der Waals surface area contributed by atoms with E-state index >= 15 is 4.39 Å². The van der Waals surface area contributed by atoms with Crippen molar-refractivity contribution in [1.82, 2.24) is 4.90 Å². The van der Waals surface area contributed by atoms with Crippen LogP contribution in [-0.2, 0) is 22.3 Å². The third-order valence-electron chi connectivity index (χ3n) is 6.31. The molecule has 0 saturated carbocycles. The topological polar surface area (TPSA) is 53.1 Å². The number of hydrogen-bond acceptors (Lipinski definition) is 4. The van der Waals surface area contributed by atoms with Crippen LogP contribution in [0.15, 0.2) is 30.3 Å². The van der Waals surface area contributed by atoms with Crippen LogP contribution in [0.2, 0.25) is 0 Å². The fourth-order valence-electron chi connectivity index (χ4n) is 4.42. The summed E-state index contributed by atoms with van der Waals surface area (Å²) < 4.78 is 60.8. The molecule has 0 aromatic heterocycles. The molecular weight excluding hydrogens is 486 g/mol. The number of halogens is 4. The second-order valence-electron chi connectivity index (χ2n) is 8.99. The second-order valence-corrected chi connectivity index (χ2v) is 9.36. The lowest BCUT2D eigenvalue weighted by Crippen LogP contribution is -2.44. The van der Waals surface area contributed by atoms with Crippen molar-refractivity contribution in [3.8, 4) is 0 Å². The van der Waals surface area contributed by atoms with E-state index in [0.29, 0.717) is 18.7 Å². The monoisotopic (exact) mass is 509 g/mol. The van der Waals surface area contributed by atoms with Gasteiger partial charge in [-0.3, -0.25) is 14.5 Å². The summed E-state index contributed by atoms with van der Waals surface area (Å²) in [7, 11) is 1.51. The van der Waals surface area contributed by atoms with Crippen molar-refractivity contribution in [2.75, 3.05) is 30.1 Å². The van der Waals surface area contributed by atoms with Crippen LogP contribution in [0.4, 0.5) is 28.9 Å². The molecule has 2 aliphatic rings. The van der Waals surface area contributed by atoms with Gasteiger partial charge in [-0.05, 0) is 68.4 Å². The summed E-state index contributed by atoms with van der Waals surface area (Å²) in [5.41, 5.74) is -1.73. The van der Waals surface area contributed by atoms with Crippen molar-refractivity contribution in [3.63, 3.8) is 0 Å². The Morgan fingerprint density at radius 1 is 1.14 bits per heavy atom. The number of amides is 2. The SMILES string of the molecule is COCCN1Cc2cc(F)c(N3C(=S)N(c4ccc(C)c(C(F)(F)F)c4)C(=O)C3(C)C)cc2C1=O. The molecule has 0 atom stereocenters. The minimum atomic E-state index is -4.62. The number of anilines is 2. The summed E-state index contributed by atoms with van der Waals surface area (Å²) >= 11 is 5.49. The molecule has 1 fully saturated rings. The van der Waals surface area contributed by atoms with Gasteiger partial charge in [0.25, 0.3) is 11.8 Å². The smallest absolute Gasteiger partial charge is 0.383 e. The van der Waals surface area contributed by atoms with Gasteiger partial charge in [-0.25, -0.2) is 4.39 Å². The van der Waals surface area contributed by atoms with E-state index < -0.39 is 29.0 Å². The summed E-state index contributed by atoms with van der Waals surface area (Å²) in [4.78, 5) is 29.9. The summed E-state index contributed by atoms with van der Waals surface area (Å²) in [5, 5.41) is -0.183. The number of hydrogen-bond donors (Lipinski definition) is 0. The Hall–Kier alpha value is -3.05. The first-order chi connectivity index (χ1) is 16.3. The highest BCUT2D eigenvalue weighted by Crippen LogP contribution is 2.41. The second kappa shape index (κ2) is 8.56. The van der Waals surface area contributed by atoms with Crippen LogP contribution < -0.4 is 9.80 Å². The molecule has 1 saturated heterocycles. The molecule has 0 unspecified atom stereocenters. The molecule has 2 amide bonds. The van der Waals surface area contributed by atoms with Gasteiger partial charge >= 0.3 is 6.18 Å². The first kappa shape index (κ1) is 25.1.